The van der Waals surface area contributed by atoms with E-state index in [0.717, 1.165) is 11.3 Å². The molecule has 0 bridgehead atoms. The Morgan fingerprint density at radius 2 is 2.12 bits per heavy atom. The highest BCUT2D eigenvalue weighted by molar-refractivity contribution is 7.89. The number of hydrogen-bond donors (Lipinski definition) is 1. The van der Waals surface area contributed by atoms with E-state index < -0.39 is 16.1 Å². The minimum absolute atomic E-state index is 0.0940. The Morgan fingerprint density at radius 1 is 1.34 bits per heavy atom. The molecule has 0 amide bonds. The van der Waals surface area contributed by atoms with Gasteiger partial charge in [-0.15, -0.1) is 0 Å². The van der Waals surface area contributed by atoms with Gasteiger partial charge in [0.15, 0.2) is 0 Å². The van der Waals surface area contributed by atoms with Crippen molar-refractivity contribution in [2.24, 2.45) is 5.92 Å². The van der Waals surface area contributed by atoms with Crippen LogP contribution in [0.25, 0.3) is 6.08 Å². The molecule has 0 unspecified atom stereocenters. The van der Waals surface area contributed by atoms with Crippen LogP contribution in [0.4, 0.5) is 0 Å². The van der Waals surface area contributed by atoms with Crippen LogP contribution in [0.1, 0.15) is 32.0 Å². The molecule has 7 nitrogen and oxygen atoms in total. The first-order valence-electron chi connectivity index (χ1n) is 10.9. The topological polar surface area (TPSA) is 83.0 Å². The molecule has 0 aliphatic carbocycles. The first-order chi connectivity index (χ1) is 15.3. The molecule has 8 heteroatoms. The molecule has 3 atom stereocenters. The van der Waals surface area contributed by atoms with Gasteiger partial charge in [-0.05, 0) is 50.7 Å². The lowest BCUT2D eigenvalue weighted by atomic mass is 10.0. The van der Waals surface area contributed by atoms with Gasteiger partial charge in [0.1, 0.15) is 16.7 Å². The van der Waals surface area contributed by atoms with Gasteiger partial charge in [0.25, 0.3) is 0 Å². The van der Waals surface area contributed by atoms with Gasteiger partial charge in [-0.3, -0.25) is 9.88 Å². The van der Waals surface area contributed by atoms with Crippen LogP contribution >= 0.6 is 0 Å². The Bertz CT molecular complexity index is 1030. The fourth-order valence-corrected chi connectivity index (χ4v) is 5.72. The summed E-state index contributed by atoms with van der Waals surface area (Å²) >= 11 is 0. The van der Waals surface area contributed by atoms with Gasteiger partial charge in [-0.1, -0.05) is 31.2 Å². The summed E-state index contributed by atoms with van der Waals surface area (Å²) in [7, 11) is -1.81. The second-order valence-electron chi connectivity index (χ2n) is 8.46. The number of pyridine rings is 1. The predicted molar refractivity (Wildman–Crippen MR) is 126 cm³/mol. The van der Waals surface area contributed by atoms with Crippen LogP contribution in [0.5, 0.6) is 5.75 Å². The van der Waals surface area contributed by atoms with Crippen molar-refractivity contribution >= 4 is 16.1 Å². The van der Waals surface area contributed by atoms with Crippen molar-refractivity contribution in [3.8, 4) is 5.75 Å². The van der Waals surface area contributed by atoms with Gasteiger partial charge in [0.05, 0.1) is 12.3 Å². The minimum atomic E-state index is -3.82. The largest absolute Gasteiger partial charge is 0.487 e. The summed E-state index contributed by atoms with van der Waals surface area (Å²) in [5.41, 5.74) is 1.83. The third-order valence-electron chi connectivity index (χ3n) is 5.70. The number of rotatable bonds is 7. The summed E-state index contributed by atoms with van der Waals surface area (Å²) in [5, 5.41) is 9.74. The lowest BCUT2D eigenvalue weighted by Gasteiger charge is -2.37. The maximum absolute atomic E-state index is 13.5. The highest BCUT2D eigenvalue weighted by Crippen LogP contribution is 2.34. The first-order valence-corrected chi connectivity index (χ1v) is 12.3. The number of fused-ring (bicyclic) bond motifs is 1. The van der Waals surface area contributed by atoms with Gasteiger partial charge in [0, 0.05) is 37.8 Å². The molecular formula is C24H33N3O4S. The van der Waals surface area contributed by atoms with E-state index in [1.54, 1.807) is 31.3 Å². The summed E-state index contributed by atoms with van der Waals surface area (Å²) in [6, 6.07) is 10.4. The average molecular weight is 460 g/mol. The van der Waals surface area contributed by atoms with Gasteiger partial charge < -0.3 is 9.84 Å². The molecule has 2 aromatic rings. The molecule has 1 N–H and O–H groups in total. The molecule has 0 saturated heterocycles. The number of aromatic nitrogens is 1. The van der Waals surface area contributed by atoms with Crippen molar-refractivity contribution in [1.82, 2.24) is 14.2 Å². The summed E-state index contributed by atoms with van der Waals surface area (Å²) in [6.45, 7) is 6.91. The van der Waals surface area contributed by atoms with Crippen LogP contribution in [0.3, 0.4) is 0 Å². The summed E-state index contributed by atoms with van der Waals surface area (Å²) in [5.74, 6) is 0.252. The Labute approximate surface area is 191 Å². The number of aliphatic hydroxyl groups excluding tert-OH is 1. The van der Waals surface area contributed by atoms with Crippen LogP contribution in [0.15, 0.2) is 53.6 Å². The van der Waals surface area contributed by atoms with Crippen molar-refractivity contribution < 1.29 is 18.3 Å². The van der Waals surface area contributed by atoms with Gasteiger partial charge >= 0.3 is 0 Å². The molecule has 174 valence electrons. The predicted octanol–water partition coefficient (Wildman–Crippen LogP) is 3.02. The number of nitrogens with zero attached hydrogens (tertiary/aromatic N) is 3. The number of allylic oxidation sites excluding steroid dienone is 1. The van der Waals surface area contributed by atoms with Crippen LogP contribution in [-0.2, 0) is 16.6 Å². The van der Waals surface area contributed by atoms with Crippen LogP contribution in [0, 0.1) is 5.92 Å². The molecule has 1 aromatic carbocycles. The van der Waals surface area contributed by atoms with E-state index in [9.17, 15) is 13.5 Å². The zero-order chi connectivity index (χ0) is 23.3. The van der Waals surface area contributed by atoms with Crippen molar-refractivity contribution in [3.05, 3.63) is 59.9 Å². The van der Waals surface area contributed by atoms with Crippen molar-refractivity contribution in [1.29, 1.82) is 0 Å². The van der Waals surface area contributed by atoms with E-state index in [4.69, 9.17) is 4.74 Å². The molecule has 2 heterocycles. The van der Waals surface area contributed by atoms with Crippen LogP contribution in [-0.4, -0.2) is 66.6 Å². The highest BCUT2D eigenvalue weighted by atomic mass is 32.2. The zero-order valence-corrected chi connectivity index (χ0v) is 20.0. The lowest BCUT2D eigenvalue weighted by Crippen LogP contribution is -2.49. The molecule has 3 rings (SSSR count). The summed E-state index contributed by atoms with van der Waals surface area (Å²) in [6.07, 6.45) is 5.34. The monoisotopic (exact) mass is 459 g/mol. The fourth-order valence-electron chi connectivity index (χ4n) is 3.90. The van der Waals surface area contributed by atoms with E-state index >= 15 is 0 Å². The number of likely N-dealkylation sites (N-methyl/N-ethyl adjacent to an activating group) is 1. The smallest absolute Gasteiger partial charge is 0.247 e. The van der Waals surface area contributed by atoms with E-state index in [1.807, 2.05) is 51.2 Å². The molecule has 0 saturated carbocycles. The van der Waals surface area contributed by atoms with Gasteiger partial charge in [0.2, 0.25) is 10.0 Å². The maximum atomic E-state index is 13.5. The molecule has 0 radical (unpaired) electrons. The van der Waals surface area contributed by atoms with Gasteiger partial charge in [-0.25, -0.2) is 8.42 Å². The molecular weight excluding hydrogens is 426 g/mol. The highest BCUT2D eigenvalue weighted by Gasteiger charge is 2.38. The molecule has 1 aromatic heterocycles. The standard InChI is InChI=1S/C24H33N3O4S/c1-5-8-20-10-11-24-22(13-20)31-23(16-26(4)15-21-9-6-7-12-25-21)18(2)14-27(19(3)17-28)32(24,29)30/h5-13,18-19,23,28H,14-17H2,1-4H3/b8-5+/t18-,19+,23+/m0/s1. The third kappa shape index (κ3) is 5.56. The molecule has 1 aliphatic rings. The van der Waals surface area contributed by atoms with Crippen molar-refractivity contribution in [3.63, 3.8) is 0 Å². The van der Waals surface area contributed by atoms with Gasteiger partial charge in [-0.2, -0.15) is 4.31 Å². The van der Waals surface area contributed by atoms with Crippen LogP contribution < -0.4 is 4.74 Å². The maximum Gasteiger partial charge on any atom is 0.247 e. The lowest BCUT2D eigenvalue weighted by molar-refractivity contribution is 0.0730. The number of aliphatic hydroxyl groups is 1. The van der Waals surface area contributed by atoms with E-state index in [2.05, 4.69) is 9.88 Å². The van der Waals surface area contributed by atoms with Crippen LogP contribution in [0.2, 0.25) is 0 Å². The summed E-state index contributed by atoms with van der Waals surface area (Å²) in [4.78, 5) is 6.66. The van der Waals surface area contributed by atoms with E-state index in [0.29, 0.717) is 18.8 Å². The third-order valence-corrected chi connectivity index (χ3v) is 7.72. The Morgan fingerprint density at radius 3 is 2.78 bits per heavy atom. The average Bonchev–Trinajstić information content (AvgIpc) is 2.76. The molecule has 1 aliphatic heterocycles. The number of hydrogen-bond acceptors (Lipinski definition) is 6. The Kier molecular flexibility index (Phi) is 8.05. The number of benzene rings is 1. The summed E-state index contributed by atoms with van der Waals surface area (Å²) < 4.78 is 34.7. The number of ether oxygens (including phenoxy) is 1. The minimum Gasteiger partial charge on any atom is -0.487 e. The normalized spacial score (nSPS) is 22.2. The number of sulfonamides is 1. The SMILES string of the molecule is C/C=C/c1ccc2c(c1)O[C@H](CN(C)Cc1ccccn1)[C@@H](C)CN([C@H](C)CO)S2(=O)=O. The second-order valence-corrected chi connectivity index (χ2v) is 10.3. The molecule has 0 spiro atoms. The van der Waals surface area contributed by atoms with E-state index in [-0.39, 0.29) is 30.1 Å². The van der Waals surface area contributed by atoms with E-state index in [1.165, 1.54) is 4.31 Å². The molecule has 0 fully saturated rings. The Hall–Kier alpha value is -2.26. The van der Waals surface area contributed by atoms with Crippen molar-refractivity contribution in [2.45, 2.75) is 44.4 Å². The van der Waals surface area contributed by atoms with Crippen molar-refractivity contribution in [2.75, 3.05) is 26.7 Å². The zero-order valence-electron chi connectivity index (χ0n) is 19.2. The quantitative estimate of drug-likeness (QED) is 0.685. The molecule has 32 heavy (non-hydrogen) atoms. The second kappa shape index (κ2) is 10.6. The Balaban J connectivity index is 1.97. The fraction of sp³-hybridized carbons (Fsp3) is 0.458. The first kappa shape index (κ1) is 24.4.